The lowest BCUT2D eigenvalue weighted by atomic mass is 9.91. The first-order valence-corrected chi connectivity index (χ1v) is 10.3. The Morgan fingerprint density at radius 2 is 1.79 bits per heavy atom. The van der Waals surface area contributed by atoms with Gasteiger partial charge in [-0.05, 0) is 45.1 Å². The van der Waals surface area contributed by atoms with Crippen molar-refractivity contribution in [3.8, 4) is 11.4 Å². The Labute approximate surface area is 176 Å². The first-order chi connectivity index (χ1) is 13.9. The van der Waals surface area contributed by atoms with Crippen LogP contribution in [-0.2, 0) is 0 Å². The zero-order chi connectivity index (χ0) is 21.2. The van der Waals surface area contributed by atoms with Crippen LogP contribution in [0.5, 0.6) is 0 Å². The summed E-state index contributed by atoms with van der Waals surface area (Å²) in [7, 11) is 0. The van der Waals surface area contributed by atoms with Crippen molar-refractivity contribution in [3.05, 3.63) is 90.1 Å². The Bertz CT molecular complexity index is 891. The highest BCUT2D eigenvalue weighted by Gasteiger charge is 2.17. The molecule has 0 saturated carbocycles. The third-order valence-electron chi connectivity index (χ3n) is 5.30. The maximum absolute atomic E-state index is 4.71. The van der Waals surface area contributed by atoms with Gasteiger partial charge in [-0.25, -0.2) is 15.0 Å². The predicted octanol–water partition coefficient (Wildman–Crippen LogP) is 7.08. The third kappa shape index (κ3) is 6.94. The van der Waals surface area contributed by atoms with E-state index < -0.39 is 0 Å². The minimum Gasteiger partial charge on any atom is -0.221 e. The zero-order valence-electron chi connectivity index (χ0n) is 18.4. The van der Waals surface area contributed by atoms with E-state index in [4.69, 9.17) is 4.98 Å². The van der Waals surface area contributed by atoms with Gasteiger partial charge in [0.05, 0.1) is 0 Å². The average Bonchev–Trinajstić information content (AvgIpc) is 2.75. The van der Waals surface area contributed by atoms with Crippen molar-refractivity contribution in [1.29, 1.82) is 0 Å². The molecule has 1 aromatic carbocycles. The molecule has 0 aliphatic heterocycles. The summed E-state index contributed by atoms with van der Waals surface area (Å²) < 4.78 is 0. The van der Waals surface area contributed by atoms with Crippen LogP contribution in [0.15, 0.2) is 84.3 Å². The van der Waals surface area contributed by atoms with Crippen LogP contribution >= 0.6 is 0 Å². The fourth-order valence-electron chi connectivity index (χ4n) is 2.95. The smallest absolute Gasteiger partial charge is 0.163 e. The predicted molar refractivity (Wildman–Crippen MR) is 124 cm³/mol. The van der Waals surface area contributed by atoms with Crippen LogP contribution < -0.4 is 0 Å². The lowest BCUT2D eigenvalue weighted by Crippen LogP contribution is -2.10. The quantitative estimate of drug-likeness (QED) is 0.341. The standard InChI is InChI=1S/C26H33N3/c1-7-20(4)17-24(19(2)3)16-12-11-13-21(5)22(6)25-27-18-28-26(29-25)23-14-9-8-10-15-23/h7-12,14-15,17-18,21-22H,2,13,16H2,1,3-6H3/b12-11-,20-7-,24-17-/t21-,22+/m1/s1. The van der Waals surface area contributed by atoms with E-state index in [0.717, 1.165) is 35.6 Å². The summed E-state index contributed by atoms with van der Waals surface area (Å²) in [6.45, 7) is 14.8. The van der Waals surface area contributed by atoms with E-state index in [1.165, 1.54) is 11.1 Å². The van der Waals surface area contributed by atoms with Crippen molar-refractivity contribution < 1.29 is 0 Å². The largest absolute Gasteiger partial charge is 0.221 e. The molecule has 0 spiro atoms. The molecular weight excluding hydrogens is 354 g/mol. The number of hydrogen-bond donors (Lipinski definition) is 0. The molecule has 0 aliphatic rings. The summed E-state index contributed by atoms with van der Waals surface area (Å²) in [5, 5.41) is 0. The van der Waals surface area contributed by atoms with Gasteiger partial charge in [-0.3, -0.25) is 0 Å². The monoisotopic (exact) mass is 387 g/mol. The molecule has 3 nitrogen and oxygen atoms in total. The highest BCUT2D eigenvalue weighted by atomic mass is 15.0. The maximum Gasteiger partial charge on any atom is 0.163 e. The van der Waals surface area contributed by atoms with Crippen LogP contribution in [0.1, 0.15) is 59.2 Å². The van der Waals surface area contributed by atoms with Crippen LogP contribution in [-0.4, -0.2) is 15.0 Å². The molecule has 0 amide bonds. The first kappa shape index (κ1) is 22.5. The van der Waals surface area contributed by atoms with Crippen molar-refractivity contribution in [1.82, 2.24) is 15.0 Å². The molecule has 2 atom stereocenters. The van der Waals surface area contributed by atoms with Gasteiger partial charge < -0.3 is 0 Å². The van der Waals surface area contributed by atoms with Gasteiger partial charge in [-0.1, -0.05) is 86.2 Å². The summed E-state index contributed by atoms with van der Waals surface area (Å²) in [4.78, 5) is 13.5. The minimum atomic E-state index is 0.256. The number of allylic oxidation sites excluding steroid dienone is 7. The van der Waals surface area contributed by atoms with Gasteiger partial charge in [0.25, 0.3) is 0 Å². The molecule has 0 N–H and O–H groups in total. The molecule has 29 heavy (non-hydrogen) atoms. The van der Waals surface area contributed by atoms with Gasteiger partial charge in [0.15, 0.2) is 5.82 Å². The van der Waals surface area contributed by atoms with Crippen LogP contribution in [0.3, 0.4) is 0 Å². The molecule has 2 aromatic rings. The molecule has 3 heteroatoms. The van der Waals surface area contributed by atoms with Crippen LogP contribution in [0, 0.1) is 5.92 Å². The van der Waals surface area contributed by atoms with Crippen molar-refractivity contribution in [2.24, 2.45) is 5.92 Å². The Hall–Kier alpha value is -2.81. The summed E-state index contributed by atoms with van der Waals surface area (Å²) in [5.74, 6) is 2.28. The van der Waals surface area contributed by atoms with Gasteiger partial charge >= 0.3 is 0 Å². The number of benzene rings is 1. The Morgan fingerprint density at radius 3 is 2.45 bits per heavy atom. The Balaban J connectivity index is 2.00. The van der Waals surface area contributed by atoms with Crippen LogP contribution in [0.2, 0.25) is 0 Å². The second-order valence-electron chi connectivity index (χ2n) is 7.69. The molecule has 2 rings (SSSR count). The minimum absolute atomic E-state index is 0.256. The molecule has 0 aliphatic carbocycles. The lowest BCUT2D eigenvalue weighted by Gasteiger charge is -2.17. The third-order valence-corrected chi connectivity index (χ3v) is 5.30. The average molecular weight is 388 g/mol. The van der Waals surface area contributed by atoms with E-state index in [1.54, 1.807) is 6.33 Å². The lowest BCUT2D eigenvalue weighted by molar-refractivity contribution is 0.472. The molecule has 0 bridgehead atoms. The SMILES string of the molecule is C=C(C)/C(=C\C(C)=C/C)C/C=C\C[C@@H](C)[C@H](C)c1ncnc(-c2ccccc2)n1. The van der Waals surface area contributed by atoms with E-state index >= 15 is 0 Å². The second-order valence-corrected chi connectivity index (χ2v) is 7.69. The molecule has 0 saturated heterocycles. The molecule has 0 radical (unpaired) electrons. The van der Waals surface area contributed by atoms with Crippen molar-refractivity contribution in [2.75, 3.05) is 0 Å². The maximum atomic E-state index is 4.71. The first-order valence-electron chi connectivity index (χ1n) is 10.3. The van der Waals surface area contributed by atoms with Gasteiger partial charge in [-0.15, -0.1) is 0 Å². The van der Waals surface area contributed by atoms with Gasteiger partial charge in [-0.2, -0.15) is 0 Å². The van der Waals surface area contributed by atoms with Gasteiger partial charge in [0.2, 0.25) is 0 Å². The van der Waals surface area contributed by atoms with E-state index in [9.17, 15) is 0 Å². The summed E-state index contributed by atoms with van der Waals surface area (Å²) in [6.07, 6.45) is 12.4. The summed E-state index contributed by atoms with van der Waals surface area (Å²) >= 11 is 0. The number of aromatic nitrogens is 3. The molecule has 1 heterocycles. The van der Waals surface area contributed by atoms with E-state index in [1.807, 2.05) is 30.3 Å². The molecule has 0 fully saturated rings. The van der Waals surface area contributed by atoms with Crippen LogP contribution in [0.25, 0.3) is 11.4 Å². The second kappa shape index (κ2) is 11.3. The Morgan fingerprint density at radius 1 is 1.07 bits per heavy atom. The fraction of sp³-hybridized carbons (Fsp3) is 0.346. The topological polar surface area (TPSA) is 38.7 Å². The number of rotatable bonds is 9. The van der Waals surface area contributed by atoms with Gasteiger partial charge in [0.1, 0.15) is 12.2 Å². The summed E-state index contributed by atoms with van der Waals surface area (Å²) in [5.41, 5.74) is 4.69. The van der Waals surface area contributed by atoms with E-state index in [0.29, 0.717) is 5.92 Å². The normalized spacial score (nSPS) is 14.8. The number of hydrogen-bond acceptors (Lipinski definition) is 3. The van der Waals surface area contributed by atoms with Crippen molar-refractivity contribution in [2.45, 2.75) is 53.4 Å². The van der Waals surface area contributed by atoms with Gasteiger partial charge in [0, 0.05) is 11.5 Å². The summed E-state index contributed by atoms with van der Waals surface area (Å²) in [6, 6.07) is 10.1. The van der Waals surface area contributed by atoms with E-state index in [2.05, 4.69) is 75.5 Å². The Kier molecular flexibility index (Phi) is 8.72. The van der Waals surface area contributed by atoms with E-state index in [-0.39, 0.29) is 5.92 Å². The molecule has 152 valence electrons. The molecular formula is C26H33N3. The zero-order valence-corrected chi connectivity index (χ0v) is 18.4. The molecule has 0 unspecified atom stereocenters. The number of nitrogens with zero attached hydrogens (tertiary/aromatic N) is 3. The van der Waals surface area contributed by atoms with Crippen molar-refractivity contribution >= 4 is 0 Å². The highest BCUT2D eigenvalue weighted by molar-refractivity contribution is 5.53. The highest BCUT2D eigenvalue weighted by Crippen LogP contribution is 2.25. The molecule has 1 aromatic heterocycles. The van der Waals surface area contributed by atoms with Crippen LogP contribution in [0.4, 0.5) is 0 Å². The van der Waals surface area contributed by atoms with Crippen molar-refractivity contribution in [3.63, 3.8) is 0 Å². The fourth-order valence-corrected chi connectivity index (χ4v) is 2.95.